The lowest BCUT2D eigenvalue weighted by Crippen LogP contribution is -1.57. The molecule has 0 N–H and O–H groups in total. The van der Waals surface area contributed by atoms with Crippen LogP contribution in [0, 0.1) is 6.58 Å². The van der Waals surface area contributed by atoms with E-state index in [2.05, 4.69) is 12.7 Å². The first-order valence-electron chi connectivity index (χ1n) is 4.04. The SMILES string of the molecule is [CH]=CCC=CC=CCC=CC=C. The van der Waals surface area contributed by atoms with Gasteiger partial charge in [-0.25, -0.2) is 0 Å². The van der Waals surface area contributed by atoms with Crippen molar-refractivity contribution in [3.63, 3.8) is 0 Å². The van der Waals surface area contributed by atoms with Gasteiger partial charge in [0.1, 0.15) is 0 Å². The van der Waals surface area contributed by atoms with Crippen molar-refractivity contribution >= 4 is 0 Å². The maximum Gasteiger partial charge on any atom is -0.0163 e. The molecule has 0 aromatic heterocycles. The second-order valence-corrected chi connectivity index (χ2v) is 2.23. The van der Waals surface area contributed by atoms with Crippen LogP contribution in [-0.4, -0.2) is 0 Å². The number of rotatable bonds is 6. The van der Waals surface area contributed by atoms with Crippen LogP contribution in [0.15, 0.2) is 55.2 Å². The summed E-state index contributed by atoms with van der Waals surface area (Å²) in [6, 6.07) is 0. The van der Waals surface area contributed by atoms with Crippen LogP contribution in [0.25, 0.3) is 0 Å². The van der Waals surface area contributed by atoms with Crippen LogP contribution in [0.2, 0.25) is 0 Å². The van der Waals surface area contributed by atoms with Gasteiger partial charge in [0.25, 0.3) is 0 Å². The Balaban J connectivity index is 3.42. The molecular formula is C12H15. The zero-order valence-corrected chi connectivity index (χ0v) is 7.32. The fourth-order valence-electron chi connectivity index (χ4n) is 0.646. The standard InChI is InChI=1S/C12H15/c1-3-5-7-9-11-12-10-8-6-4-2/h1,3-4,6-9,11-12H,2,5,10H2. The molecule has 0 aromatic carbocycles. The third-order valence-electron chi connectivity index (χ3n) is 1.20. The Kier molecular flexibility index (Phi) is 8.65. The normalized spacial score (nSPS) is 11.7. The molecule has 0 aromatic rings. The highest BCUT2D eigenvalue weighted by atomic mass is 13.7. The van der Waals surface area contributed by atoms with E-state index in [-0.39, 0.29) is 0 Å². The van der Waals surface area contributed by atoms with Crippen LogP contribution in [0.4, 0.5) is 0 Å². The van der Waals surface area contributed by atoms with Crippen molar-refractivity contribution < 1.29 is 0 Å². The molecular weight excluding hydrogens is 144 g/mol. The first-order valence-corrected chi connectivity index (χ1v) is 4.04. The van der Waals surface area contributed by atoms with Gasteiger partial charge < -0.3 is 0 Å². The van der Waals surface area contributed by atoms with E-state index in [9.17, 15) is 0 Å². The molecule has 0 aliphatic rings. The van der Waals surface area contributed by atoms with Crippen LogP contribution < -0.4 is 0 Å². The van der Waals surface area contributed by atoms with E-state index < -0.39 is 0 Å². The van der Waals surface area contributed by atoms with E-state index >= 15 is 0 Å². The largest absolute Gasteiger partial charge is 0.0991 e. The molecule has 0 saturated heterocycles. The molecule has 0 heterocycles. The third-order valence-corrected chi connectivity index (χ3v) is 1.20. The van der Waals surface area contributed by atoms with Crippen molar-refractivity contribution in [2.45, 2.75) is 12.8 Å². The van der Waals surface area contributed by atoms with Crippen molar-refractivity contribution in [2.24, 2.45) is 0 Å². The third kappa shape index (κ3) is 8.70. The summed E-state index contributed by atoms with van der Waals surface area (Å²) in [5.74, 6) is 0. The Labute approximate surface area is 75.3 Å². The van der Waals surface area contributed by atoms with Crippen LogP contribution in [0.3, 0.4) is 0 Å². The minimum atomic E-state index is 0.826. The summed E-state index contributed by atoms with van der Waals surface area (Å²) in [6.07, 6.45) is 17.2. The zero-order chi connectivity index (χ0) is 9.07. The fourth-order valence-corrected chi connectivity index (χ4v) is 0.646. The highest BCUT2D eigenvalue weighted by Crippen LogP contribution is 1.88. The van der Waals surface area contributed by atoms with Crippen LogP contribution in [0.5, 0.6) is 0 Å². The summed E-state index contributed by atoms with van der Waals surface area (Å²) >= 11 is 0. The molecule has 0 bridgehead atoms. The van der Waals surface area contributed by atoms with E-state index in [1.165, 1.54) is 0 Å². The molecule has 0 heteroatoms. The maximum atomic E-state index is 5.19. The van der Waals surface area contributed by atoms with E-state index in [0.717, 1.165) is 12.8 Å². The molecule has 0 amide bonds. The highest BCUT2D eigenvalue weighted by Gasteiger charge is 1.67. The Morgan fingerprint density at radius 1 is 0.917 bits per heavy atom. The molecule has 0 fully saturated rings. The van der Waals surface area contributed by atoms with Crippen molar-refractivity contribution in [2.75, 3.05) is 0 Å². The molecule has 1 radical (unpaired) electrons. The summed E-state index contributed by atoms with van der Waals surface area (Å²) < 4.78 is 0. The lowest BCUT2D eigenvalue weighted by atomic mass is 10.3. The second kappa shape index (κ2) is 9.70. The average Bonchev–Trinajstić information content (AvgIpc) is 2.10. The molecule has 0 atom stereocenters. The zero-order valence-electron chi connectivity index (χ0n) is 7.32. The van der Waals surface area contributed by atoms with Gasteiger partial charge in [-0.1, -0.05) is 61.8 Å². The van der Waals surface area contributed by atoms with Gasteiger partial charge in [0, 0.05) is 0 Å². The van der Waals surface area contributed by atoms with Crippen LogP contribution in [-0.2, 0) is 0 Å². The molecule has 0 nitrogen and oxygen atoms in total. The van der Waals surface area contributed by atoms with Gasteiger partial charge in [-0.05, 0) is 12.8 Å². The summed E-state index contributed by atoms with van der Waals surface area (Å²) in [5.41, 5.74) is 0. The minimum Gasteiger partial charge on any atom is -0.0991 e. The fraction of sp³-hybridized carbons (Fsp3) is 0.167. The number of hydrogen-bond acceptors (Lipinski definition) is 0. The van der Waals surface area contributed by atoms with Gasteiger partial charge in [0.2, 0.25) is 0 Å². The summed E-state index contributed by atoms with van der Waals surface area (Å²) in [4.78, 5) is 0. The summed E-state index contributed by atoms with van der Waals surface area (Å²) in [5, 5.41) is 0. The van der Waals surface area contributed by atoms with Gasteiger partial charge in [-0.15, -0.1) is 0 Å². The Hall–Kier alpha value is -1.30. The number of hydrogen-bond donors (Lipinski definition) is 0. The molecule has 0 unspecified atom stereocenters. The summed E-state index contributed by atoms with van der Waals surface area (Å²) in [6.45, 7) is 8.76. The van der Waals surface area contributed by atoms with Crippen molar-refractivity contribution in [3.8, 4) is 0 Å². The number of allylic oxidation sites excluding steroid dienone is 8. The average molecular weight is 159 g/mol. The van der Waals surface area contributed by atoms with Crippen molar-refractivity contribution in [3.05, 3.63) is 61.8 Å². The van der Waals surface area contributed by atoms with Gasteiger partial charge >= 0.3 is 0 Å². The molecule has 0 spiro atoms. The monoisotopic (exact) mass is 159 g/mol. The first kappa shape index (κ1) is 10.7. The van der Waals surface area contributed by atoms with Gasteiger partial charge in [-0.2, -0.15) is 0 Å². The molecule has 0 aliphatic heterocycles. The molecule has 0 saturated carbocycles. The second-order valence-electron chi connectivity index (χ2n) is 2.23. The Bertz CT molecular complexity index is 192. The molecule has 12 heavy (non-hydrogen) atoms. The van der Waals surface area contributed by atoms with Crippen LogP contribution in [0.1, 0.15) is 12.8 Å². The maximum absolute atomic E-state index is 5.19. The van der Waals surface area contributed by atoms with Crippen LogP contribution >= 0.6 is 0 Å². The van der Waals surface area contributed by atoms with E-state index in [0.29, 0.717) is 0 Å². The molecule has 63 valence electrons. The lowest BCUT2D eigenvalue weighted by molar-refractivity contribution is 1.37. The minimum absolute atomic E-state index is 0.826. The Morgan fingerprint density at radius 3 is 2.08 bits per heavy atom. The van der Waals surface area contributed by atoms with E-state index in [4.69, 9.17) is 6.58 Å². The predicted molar refractivity (Wildman–Crippen MR) is 55.7 cm³/mol. The van der Waals surface area contributed by atoms with Gasteiger partial charge in [0.15, 0.2) is 0 Å². The molecule has 0 aliphatic carbocycles. The quantitative estimate of drug-likeness (QED) is 0.519. The predicted octanol–water partition coefficient (Wildman–Crippen LogP) is 3.61. The first-order chi connectivity index (χ1) is 5.91. The lowest BCUT2D eigenvalue weighted by Gasteiger charge is -1.78. The van der Waals surface area contributed by atoms with Crippen molar-refractivity contribution in [1.82, 2.24) is 0 Å². The van der Waals surface area contributed by atoms with Gasteiger partial charge in [-0.3, -0.25) is 0 Å². The van der Waals surface area contributed by atoms with E-state index in [1.807, 2.05) is 30.4 Å². The van der Waals surface area contributed by atoms with Gasteiger partial charge in [0.05, 0.1) is 0 Å². The molecule has 0 rings (SSSR count). The van der Waals surface area contributed by atoms with Crippen molar-refractivity contribution in [1.29, 1.82) is 0 Å². The smallest absolute Gasteiger partial charge is 0.0163 e. The van der Waals surface area contributed by atoms with E-state index in [1.54, 1.807) is 12.2 Å². The Morgan fingerprint density at radius 2 is 1.50 bits per heavy atom. The summed E-state index contributed by atoms with van der Waals surface area (Å²) in [7, 11) is 0. The highest BCUT2D eigenvalue weighted by molar-refractivity contribution is 5.07. The topological polar surface area (TPSA) is 0 Å².